The summed E-state index contributed by atoms with van der Waals surface area (Å²) in [6.07, 6.45) is 3.71. The van der Waals surface area contributed by atoms with Gasteiger partial charge in [0.2, 0.25) is 0 Å². The van der Waals surface area contributed by atoms with Crippen LogP contribution in [0.1, 0.15) is 34.9 Å². The fourth-order valence-electron chi connectivity index (χ4n) is 3.75. The average molecular weight is 441 g/mol. The molecule has 0 saturated carbocycles. The Bertz CT molecular complexity index is 1100. The van der Waals surface area contributed by atoms with Crippen LogP contribution in [0.5, 0.6) is 0 Å². The monoisotopic (exact) mass is 440 g/mol. The van der Waals surface area contributed by atoms with E-state index >= 15 is 0 Å². The number of hydrogen-bond acceptors (Lipinski definition) is 6. The van der Waals surface area contributed by atoms with Crippen molar-refractivity contribution in [3.63, 3.8) is 0 Å². The highest BCUT2D eigenvalue weighted by molar-refractivity contribution is 6.30. The van der Waals surface area contributed by atoms with Crippen molar-refractivity contribution in [1.29, 1.82) is 0 Å². The Morgan fingerprint density at radius 3 is 2.71 bits per heavy atom. The molecule has 4 rings (SSSR count). The molecule has 0 bridgehead atoms. The molecule has 1 saturated heterocycles. The number of carbonyl (C=O) groups is 1. The fourth-order valence-corrected chi connectivity index (χ4v) is 3.95. The molecule has 1 N–H and O–H groups in total. The molecule has 1 aromatic heterocycles. The van der Waals surface area contributed by atoms with E-state index in [9.17, 15) is 14.9 Å². The first-order valence-corrected chi connectivity index (χ1v) is 10.3. The lowest BCUT2D eigenvalue weighted by Crippen LogP contribution is -2.37. The minimum atomic E-state index is -0.484. The zero-order chi connectivity index (χ0) is 21.8. The van der Waals surface area contributed by atoms with Crippen LogP contribution in [0.3, 0.4) is 0 Å². The van der Waals surface area contributed by atoms with Gasteiger partial charge in [-0.2, -0.15) is 0 Å². The van der Waals surface area contributed by atoms with Crippen molar-refractivity contribution < 1.29 is 9.72 Å². The summed E-state index contributed by atoms with van der Waals surface area (Å²) in [6, 6.07) is 13.7. The molecule has 3 aromatic rings. The third-order valence-corrected chi connectivity index (χ3v) is 5.54. The Kier molecular flexibility index (Phi) is 6.24. The molecule has 1 aliphatic rings. The second-order valence-electron chi connectivity index (χ2n) is 7.35. The van der Waals surface area contributed by atoms with E-state index in [1.807, 2.05) is 24.3 Å². The zero-order valence-electron chi connectivity index (χ0n) is 16.6. The SMILES string of the molecule is O=C(NCC(c1cccc(Cl)c1)N1CCCC1)c1cn(-c2cccc([N+](=O)[O-])c2)nn1. The number of rotatable bonds is 7. The molecule has 9 nitrogen and oxygen atoms in total. The number of likely N-dealkylation sites (tertiary alicyclic amines) is 1. The topological polar surface area (TPSA) is 106 Å². The molecule has 0 radical (unpaired) electrons. The molecule has 2 heterocycles. The van der Waals surface area contributed by atoms with Gasteiger partial charge in [0, 0.05) is 23.7 Å². The van der Waals surface area contributed by atoms with E-state index in [-0.39, 0.29) is 23.3 Å². The summed E-state index contributed by atoms with van der Waals surface area (Å²) in [5, 5.41) is 22.4. The van der Waals surface area contributed by atoms with Crippen molar-refractivity contribution in [1.82, 2.24) is 25.2 Å². The number of hydrogen-bond donors (Lipinski definition) is 1. The van der Waals surface area contributed by atoms with E-state index < -0.39 is 4.92 Å². The van der Waals surface area contributed by atoms with Crippen LogP contribution < -0.4 is 5.32 Å². The Morgan fingerprint density at radius 2 is 1.97 bits per heavy atom. The largest absolute Gasteiger partial charge is 0.349 e. The minimum Gasteiger partial charge on any atom is -0.349 e. The van der Waals surface area contributed by atoms with Crippen LogP contribution in [-0.2, 0) is 0 Å². The van der Waals surface area contributed by atoms with E-state index in [4.69, 9.17) is 11.6 Å². The number of carbonyl (C=O) groups excluding carboxylic acids is 1. The molecular formula is C21H21ClN6O3. The quantitative estimate of drug-likeness (QED) is 0.445. The fraction of sp³-hybridized carbons (Fsp3) is 0.286. The van der Waals surface area contributed by atoms with Crippen LogP contribution in [0.15, 0.2) is 54.7 Å². The highest BCUT2D eigenvalue weighted by Gasteiger charge is 2.25. The van der Waals surface area contributed by atoms with Gasteiger partial charge in [-0.15, -0.1) is 5.10 Å². The molecule has 1 aliphatic heterocycles. The van der Waals surface area contributed by atoms with Gasteiger partial charge in [-0.05, 0) is 49.7 Å². The first-order valence-electron chi connectivity index (χ1n) is 9.96. The number of amides is 1. The van der Waals surface area contributed by atoms with Gasteiger partial charge in [0.05, 0.1) is 22.8 Å². The summed E-state index contributed by atoms with van der Waals surface area (Å²) in [6.45, 7) is 2.34. The highest BCUT2D eigenvalue weighted by atomic mass is 35.5. The van der Waals surface area contributed by atoms with E-state index in [1.54, 1.807) is 12.1 Å². The van der Waals surface area contributed by atoms with Gasteiger partial charge in [-0.3, -0.25) is 19.8 Å². The molecule has 1 atom stereocenters. The summed E-state index contributed by atoms with van der Waals surface area (Å²) in [5.41, 5.74) is 1.58. The van der Waals surface area contributed by atoms with Crippen LogP contribution >= 0.6 is 11.6 Å². The van der Waals surface area contributed by atoms with Gasteiger partial charge in [0.15, 0.2) is 5.69 Å². The van der Waals surface area contributed by atoms with Crippen LogP contribution in [0.4, 0.5) is 5.69 Å². The summed E-state index contributed by atoms with van der Waals surface area (Å²) in [4.78, 5) is 25.5. The van der Waals surface area contributed by atoms with Gasteiger partial charge in [-0.25, -0.2) is 4.68 Å². The molecule has 0 spiro atoms. The molecule has 31 heavy (non-hydrogen) atoms. The predicted octanol–water partition coefficient (Wildman–Crippen LogP) is 3.40. The maximum Gasteiger partial charge on any atom is 0.273 e. The number of nitro groups is 1. The average Bonchev–Trinajstić information content (AvgIpc) is 3.47. The van der Waals surface area contributed by atoms with Crippen molar-refractivity contribution in [3.8, 4) is 5.69 Å². The van der Waals surface area contributed by atoms with Crippen LogP contribution in [0, 0.1) is 10.1 Å². The summed E-state index contributed by atoms with van der Waals surface area (Å²) >= 11 is 6.18. The number of nitrogens with one attached hydrogen (secondary N) is 1. The second kappa shape index (κ2) is 9.23. The van der Waals surface area contributed by atoms with E-state index in [0.29, 0.717) is 17.3 Å². The number of nitro benzene ring substituents is 1. The molecule has 10 heteroatoms. The maximum absolute atomic E-state index is 12.7. The summed E-state index contributed by atoms with van der Waals surface area (Å²) < 4.78 is 1.34. The number of aromatic nitrogens is 3. The molecule has 1 unspecified atom stereocenters. The van der Waals surface area contributed by atoms with Crippen LogP contribution in [-0.4, -0.2) is 50.4 Å². The number of halogens is 1. The maximum atomic E-state index is 12.7. The normalized spacial score (nSPS) is 15.0. The number of nitrogens with zero attached hydrogens (tertiary/aromatic N) is 5. The van der Waals surface area contributed by atoms with Gasteiger partial charge in [0.1, 0.15) is 0 Å². The number of benzene rings is 2. The Balaban J connectivity index is 1.47. The first-order chi connectivity index (χ1) is 15.0. The predicted molar refractivity (Wildman–Crippen MR) is 115 cm³/mol. The van der Waals surface area contributed by atoms with Gasteiger partial charge < -0.3 is 5.32 Å². The minimum absolute atomic E-state index is 0.0111. The third kappa shape index (κ3) is 4.89. The second-order valence-corrected chi connectivity index (χ2v) is 7.79. The Morgan fingerprint density at radius 1 is 1.19 bits per heavy atom. The standard InChI is InChI=1S/C21H21ClN6O3/c22-16-6-3-5-15(11-16)20(26-9-1-2-10-26)13-23-21(29)19-14-27(25-24-19)17-7-4-8-18(12-17)28(30)31/h3-8,11-12,14,20H,1-2,9-10,13H2,(H,23,29). The molecule has 1 amide bonds. The highest BCUT2D eigenvalue weighted by Crippen LogP contribution is 2.26. The Labute approximate surface area is 183 Å². The third-order valence-electron chi connectivity index (χ3n) is 5.30. The van der Waals surface area contributed by atoms with Gasteiger partial charge >= 0.3 is 0 Å². The molecule has 160 valence electrons. The van der Waals surface area contributed by atoms with Crippen molar-refractivity contribution in [2.45, 2.75) is 18.9 Å². The molecule has 2 aromatic carbocycles. The van der Waals surface area contributed by atoms with Crippen LogP contribution in [0.2, 0.25) is 5.02 Å². The van der Waals surface area contributed by atoms with Gasteiger partial charge in [0.25, 0.3) is 11.6 Å². The summed E-state index contributed by atoms with van der Waals surface area (Å²) in [7, 11) is 0. The zero-order valence-corrected chi connectivity index (χ0v) is 17.4. The van der Waals surface area contributed by atoms with E-state index in [0.717, 1.165) is 31.5 Å². The van der Waals surface area contributed by atoms with Crippen LogP contribution in [0.25, 0.3) is 5.69 Å². The molecular weight excluding hydrogens is 420 g/mol. The lowest BCUT2D eigenvalue weighted by Gasteiger charge is -2.28. The lowest BCUT2D eigenvalue weighted by atomic mass is 10.1. The molecule has 1 fully saturated rings. The Hall–Kier alpha value is -3.30. The lowest BCUT2D eigenvalue weighted by molar-refractivity contribution is -0.384. The van der Waals surface area contributed by atoms with Crippen molar-refractivity contribution in [2.75, 3.05) is 19.6 Å². The van der Waals surface area contributed by atoms with Crippen molar-refractivity contribution in [3.05, 3.63) is 81.1 Å². The van der Waals surface area contributed by atoms with Crippen molar-refractivity contribution >= 4 is 23.2 Å². The number of non-ortho nitro benzene ring substituents is 1. The molecule has 0 aliphatic carbocycles. The van der Waals surface area contributed by atoms with Crippen molar-refractivity contribution in [2.24, 2.45) is 0 Å². The van der Waals surface area contributed by atoms with E-state index in [1.165, 1.54) is 23.0 Å². The van der Waals surface area contributed by atoms with E-state index in [2.05, 4.69) is 20.5 Å². The summed E-state index contributed by atoms with van der Waals surface area (Å²) in [5.74, 6) is -0.358. The first kappa shape index (κ1) is 21.0. The van der Waals surface area contributed by atoms with Gasteiger partial charge in [-0.1, -0.05) is 35.0 Å². The smallest absolute Gasteiger partial charge is 0.273 e.